The van der Waals surface area contributed by atoms with Crippen LogP contribution in [0.15, 0.2) is 18.2 Å². The van der Waals surface area contributed by atoms with Crippen molar-refractivity contribution in [1.29, 1.82) is 0 Å². The summed E-state index contributed by atoms with van der Waals surface area (Å²) in [6.07, 6.45) is 0. The maximum absolute atomic E-state index is 13.3. The smallest absolute Gasteiger partial charge is 0.156 e. The van der Waals surface area contributed by atoms with Crippen LogP contribution in [0.25, 0.3) is 0 Å². The van der Waals surface area contributed by atoms with Crippen LogP contribution < -0.4 is 5.73 Å². The van der Waals surface area contributed by atoms with E-state index in [1.807, 2.05) is 0 Å². The Kier molecular flexibility index (Phi) is 3.34. The first-order valence-electron chi connectivity index (χ1n) is 4.59. The average Bonchev–Trinajstić information content (AvgIpc) is 2.11. The summed E-state index contributed by atoms with van der Waals surface area (Å²) in [5.41, 5.74) is 5.77. The van der Waals surface area contributed by atoms with E-state index in [0.717, 1.165) is 0 Å². The second-order valence-electron chi connectivity index (χ2n) is 3.66. The summed E-state index contributed by atoms with van der Waals surface area (Å²) >= 11 is 0. The highest BCUT2D eigenvalue weighted by Gasteiger charge is 2.20. The molecule has 0 atom stereocenters. The van der Waals surface area contributed by atoms with Crippen molar-refractivity contribution in [3.05, 3.63) is 29.6 Å². The van der Waals surface area contributed by atoms with Gasteiger partial charge in [0.2, 0.25) is 0 Å². The molecule has 0 amide bonds. The lowest BCUT2D eigenvalue weighted by molar-refractivity contribution is 0.580. The molecule has 2 N–H and O–H groups in total. The van der Waals surface area contributed by atoms with Crippen LogP contribution in [0.4, 0.5) is 10.1 Å². The number of rotatable bonds is 3. The van der Waals surface area contributed by atoms with Crippen LogP contribution in [-0.4, -0.2) is 13.7 Å². The summed E-state index contributed by atoms with van der Waals surface area (Å²) in [7, 11) is -3.32. The molecule has 0 aliphatic heterocycles. The standard InChI is InChI=1S/C10H14FNO2S/c1-7(2)15(13,14)6-8-9(11)4-3-5-10(8)12/h3-5,7H,6,12H2,1-2H3. The van der Waals surface area contributed by atoms with Crippen molar-refractivity contribution in [2.45, 2.75) is 24.9 Å². The van der Waals surface area contributed by atoms with E-state index < -0.39 is 20.9 Å². The lowest BCUT2D eigenvalue weighted by Crippen LogP contribution is -2.17. The van der Waals surface area contributed by atoms with Crippen LogP contribution in [0.5, 0.6) is 0 Å². The Labute approximate surface area is 89.0 Å². The van der Waals surface area contributed by atoms with Gasteiger partial charge in [-0.3, -0.25) is 0 Å². The zero-order chi connectivity index (χ0) is 11.6. The Balaban J connectivity index is 3.11. The predicted molar refractivity (Wildman–Crippen MR) is 58.6 cm³/mol. The van der Waals surface area contributed by atoms with Crippen LogP contribution in [-0.2, 0) is 15.6 Å². The quantitative estimate of drug-likeness (QED) is 0.806. The summed E-state index contributed by atoms with van der Waals surface area (Å²) in [4.78, 5) is 0. The van der Waals surface area contributed by atoms with E-state index in [1.165, 1.54) is 18.2 Å². The van der Waals surface area contributed by atoms with Gasteiger partial charge in [0.1, 0.15) is 5.82 Å². The van der Waals surface area contributed by atoms with Crippen LogP contribution in [0.3, 0.4) is 0 Å². The van der Waals surface area contributed by atoms with Crippen LogP contribution in [0.2, 0.25) is 0 Å². The SMILES string of the molecule is CC(C)S(=O)(=O)Cc1c(N)cccc1F. The number of sulfone groups is 1. The average molecular weight is 231 g/mol. The molecule has 0 fully saturated rings. The monoisotopic (exact) mass is 231 g/mol. The lowest BCUT2D eigenvalue weighted by Gasteiger charge is -2.10. The van der Waals surface area contributed by atoms with Gasteiger partial charge in [-0.05, 0) is 26.0 Å². The zero-order valence-electron chi connectivity index (χ0n) is 8.70. The number of hydrogen-bond donors (Lipinski definition) is 1. The molecule has 5 heteroatoms. The summed E-state index contributed by atoms with van der Waals surface area (Å²) in [5.74, 6) is -0.914. The number of hydrogen-bond acceptors (Lipinski definition) is 3. The summed E-state index contributed by atoms with van der Waals surface area (Å²) in [6, 6.07) is 4.16. The molecule has 0 saturated heterocycles. The normalized spacial score (nSPS) is 12.0. The Morgan fingerprint density at radius 2 is 2.00 bits per heavy atom. The van der Waals surface area contributed by atoms with Gasteiger partial charge in [0.05, 0.1) is 11.0 Å². The largest absolute Gasteiger partial charge is 0.398 e. The maximum atomic E-state index is 13.3. The highest BCUT2D eigenvalue weighted by Crippen LogP contribution is 2.20. The molecule has 1 rings (SSSR count). The van der Waals surface area contributed by atoms with Crippen LogP contribution >= 0.6 is 0 Å². The van der Waals surface area contributed by atoms with Gasteiger partial charge in [0.15, 0.2) is 9.84 Å². The van der Waals surface area contributed by atoms with Crippen molar-refractivity contribution in [3.63, 3.8) is 0 Å². The topological polar surface area (TPSA) is 60.2 Å². The molecule has 0 bridgehead atoms. The molecule has 3 nitrogen and oxygen atoms in total. The fraction of sp³-hybridized carbons (Fsp3) is 0.400. The molecule has 1 aromatic carbocycles. The van der Waals surface area contributed by atoms with E-state index in [9.17, 15) is 12.8 Å². The molecular weight excluding hydrogens is 217 g/mol. The van der Waals surface area contributed by atoms with Crippen LogP contribution in [0.1, 0.15) is 19.4 Å². The Morgan fingerprint density at radius 1 is 1.40 bits per heavy atom. The van der Waals surface area contributed by atoms with E-state index in [-0.39, 0.29) is 17.0 Å². The van der Waals surface area contributed by atoms with Gasteiger partial charge < -0.3 is 5.73 Å². The summed E-state index contributed by atoms with van der Waals surface area (Å²) < 4.78 is 36.5. The number of nitrogen functional groups attached to an aromatic ring is 1. The Bertz CT molecular complexity index is 434. The highest BCUT2D eigenvalue weighted by atomic mass is 32.2. The van der Waals surface area contributed by atoms with Crippen molar-refractivity contribution < 1.29 is 12.8 Å². The molecule has 0 aliphatic carbocycles. The molecule has 15 heavy (non-hydrogen) atoms. The van der Waals surface area contributed by atoms with Crippen molar-refractivity contribution >= 4 is 15.5 Å². The second kappa shape index (κ2) is 4.18. The minimum Gasteiger partial charge on any atom is -0.398 e. The number of nitrogens with two attached hydrogens (primary N) is 1. The van der Waals surface area contributed by atoms with Gasteiger partial charge in [0, 0.05) is 11.3 Å². The van der Waals surface area contributed by atoms with E-state index in [4.69, 9.17) is 5.73 Å². The second-order valence-corrected chi connectivity index (χ2v) is 6.22. The third-order valence-electron chi connectivity index (χ3n) is 2.22. The zero-order valence-corrected chi connectivity index (χ0v) is 9.51. The summed E-state index contributed by atoms with van der Waals surface area (Å²) in [6.45, 7) is 3.12. The summed E-state index contributed by atoms with van der Waals surface area (Å²) in [5, 5.41) is -0.531. The first-order chi connectivity index (χ1) is 6.84. The molecule has 0 radical (unpaired) electrons. The molecule has 0 saturated carbocycles. The van der Waals surface area contributed by atoms with Crippen LogP contribution in [0, 0.1) is 5.82 Å². The van der Waals surface area contributed by atoms with E-state index in [1.54, 1.807) is 13.8 Å². The fourth-order valence-electron chi connectivity index (χ4n) is 1.10. The van der Waals surface area contributed by atoms with Gasteiger partial charge >= 0.3 is 0 Å². The molecular formula is C10H14FNO2S. The predicted octanol–water partition coefficient (Wildman–Crippen LogP) is 1.73. The Hall–Kier alpha value is -1.10. The van der Waals surface area contributed by atoms with Gasteiger partial charge in [-0.2, -0.15) is 0 Å². The van der Waals surface area contributed by atoms with Crippen molar-refractivity contribution in [2.75, 3.05) is 5.73 Å². The third-order valence-corrected chi connectivity index (χ3v) is 4.35. The molecule has 0 aliphatic rings. The van der Waals surface area contributed by atoms with E-state index in [2.05, 4.69) is 0 Å². The van der Waals surface area contributed by atoms with E-state index >= 15 is 0 Å². The van der Waals surface area contributed by atoms with Crippen molar-refractivity contribution in [1.82, 2.24) is 0 Å². The van der Waals surface area contributed by atoms with Crippen molar-refractivity contribution in [3.8, 4) is 0 Å². The minimum absolute atomic E-state index is 0.0613. The van der Waals surface area contributed by atoms with E-state index in [0.29, 0.717) is 0 Å². The number of anilines is 1. The molecule has 0 aromatic heterocycles. The van der Waals surface area contributed by atoms with Gasteiger partial charge in [-0.15, -0.1) is 0 Å². The third kappa shape index (κ3) is 2.68. The first kappa shape index (κ1) is 12.0. The van der Waals surface area contributed by atoms with Gasteiger partial charge in [-0.25, -0.2) is 12.8 Å². The fourth-order valence-corrected chi connectivity index (χ4v) is 2.14. The molecule has 1 aromatic rings. The Morgan fingerprint density at radius 3 is 2.47 bits per heavy atom. The molecule has 0 unspecified atom stereocenters. The lowest BCUT2D eigenvalue weighted by atomic mass is 10.2. The van der Waals surface area contributed by atoms with Gasteiger partial charge in [0.25, 0.3) is 0 Å². The molecule has 0 spiro atoms. The minimum atomic E-state index is -3.32. The molecule has 0 heterocycles. The highest BCUT2D eigenvalue weighted by molar-refractivity contribution is 7.91. The first-order valence-corrected chi connectivity index (χ1v) is 6.30. The van der Waals surface area contributed by atoms with Gasteiger partial charge in [-0.1, -0.05) is 6.07 Å². The molecule has 84 valence electrons. The number of halogens is 1. The maximum Gasteiger partial charge on any atom is 0.156 e. The van der Waals surface area contributed by atoms with Crippen molar-refractivity contribution in [2.24, 2.45) is 0 Å². The number of benzene rings is 1.